The van der Waals surface area contributed by atoms with E-state index >= 15 is 0 Å². The number of hydrogen-bond donors (Lipinski definition) is 0. The normalized spacial score (nSPS) is 20.1. The molecule has 0 aromatic heterocycles. The highest BCUT2D eigenvalue weighted by atomic mass is 16.5. The molecule has 2 aliphatic rings. The van der Waals surface area contributed by atoms with E-state index in [9.17, 15) is 9.59 Å². The van der Waals surface area contributed by atoms with Crippen LogP contribution in [0.4, 0.5) is 0 Å². The first-order valence-corrected chi connectivity index (χ1v) is 7.33. The minimum absolute atomic E-state index is 0.0296. The Hall–Kier alpha value is -2.10. The number of likely N-dealkylation sites (tertiary alicyclic amines) is 1. The Kier molecular flexibility index (Phi) is 3.78. The number of amides is 1. The number of rotatable bonds is 3. The molecule has 0 N–H and O–H groups in total. The van der Waals surface area contributed by atoms with Gasteiger partial charge in [0.05, 0.1) is 7.11 Å². The monoisotopic (exact) mass is 285 g/mol. The standard InChI is InChI=1S/C17H19NO3/c1-21-17(20)15-7-4-8-18(15)16(19)11-12-9-13-5-2-3-6-14(13)10-12/h2-3,5-6,9,15H,4,7-8,10-11H2,1H3/t15-/m0/s1. The molecule has 1 aromatic carbocycles. The van der Waals surface area contributed by atoms with Gasteiger partial charge in [-0.2, -0.15) is 0 Å². The van der Waals surface area contributed by atoms with E-state index < -0.39 is 6.04 Å². The summed E-state index contributed by atoms with van der Waals surface area (Å²) in [5, 5.41) is 0. The van der Waals surface area contributed by atoms with Crippen LogP contribution in [0.15, 0.2) is 29.8 Å². The van der Waals surface area contributed by atoms with E-state index in [0.29, 0.717) is 19.4 Å². The second-order valence-electron chi connectivity index (χ2n) is 5.62. The first-order valence-electron chi connectivity index (χ1n) is 7.33. The van der Waals surface area contributed by atoms with Crippen molar-refractivity contribution < 1.29 is 14.3 Å². The third kappa shape index (κ3) is 2.71. The fourth-order valence-corrected chi connectivity index (χ4v) is 3.21. The minimum Gasteiger partial charge on any atom is -0.467 e. The maximum Gasteiger partial charge on any atom is 0.328 e. The van der Waals surface area contributed by atoms with Gasteiger partial charge in [-0.05, 0) is 30.4 Å². The number of fused-ring (bicyclic) bond motifs is 1. The highest BCUT2D eigenvalue weighted by molar-refractivity contribution is 5.87. The molecule has 0 saturated carbocycles. The molecular weight excluding hydrogens is 266 g/mol. The zero-order valence-electron chi connectivity index (χ0n) is 12.2. The summed E-state index contributed by atoms with van der Waals surface area (Å²) in [6, 6.07) is 7.79. The highest BCUT2D eigenvalue weighted by Crippen LogP contribution is 2.28. The smallest absolute Gasteiger partial charge is 0.328 e. The third-order valence-corrected chi connectivity index (χ3v) is 4.26. The maximum atomic E-state index is 12.5. The van der Waals surface area contributed by atoms with Crippen LogP contribution in [0.25, 0.3) is 6.08 Å². The molecule has 1 atom stereocenters. The van der Waals surface area contributed by atoms with Crippen LogP contribution >= 0.6 is 0 Å². The van der Waals surface area contributed by atoms with Gasteiger partial charge in [0, 0.05) is 13.0 Å². The number of carbonyl (C=O) groups is 2. The van der Waals surface area contributed by atoms with Gasteiger partial charge in [-0.3, -0.25) is 4.79 Å². The lowest BCUT2D eigenvalue weighted by atomic mass is 10.1. The lowest BCUT2D eigenvalue weighted by Gasteiger charge is -2.22. The predicted octanol–water partition coefficient (Wildman–Crippen LogP) is 2.18. The van der Waals surface area contributed by atoms with Gasteiger partial charge in [0.15, 0.2) is 0 Å². The largest absolute Gasteiger partial charge is 0.467 e. The SMILES string of the molecule is COC(=O)[C@@H]1CCCN1C(=O)CC1=Cc2ccccc2C1. The molecule has 4 heteroatoms. The molecule has 1 saturated heterocycles. The number of nitrogens with zero attached hydrogens (tertiary/aromatic N) is 1. The van der Waals surface area contributed by atoms with Crippen LogP contribution in [0.1, 0.15) is 30.4 Å². The fraction of sp³-hybridized carbons (Fsp3) is 0.412. The van der Waals surface area contributed by atoms with E-state index in [1.54, 1.807) is 4.90 Å². The van der Waals surface area contributed by atoms with Gasteiger partial charge < -0.3 is 9.64 Å². The number of ether oxygens (including phenoxy) is 1. The average Bonchev–Trinajstić information content (AvgIpc) is 3.12. The first-order chi connectivity index (χ1) is 10.2. The van der Waals surface area contributed by atoms with E-state index in [1.807, 2.05) is 12.1 Å². The molecule has 1 amide bonds. The summed E-state index contributed by atoms with van der Waals surface area (Å²) in [7, 11) is 1.37. The molecule has 1 fully saturated rings. The summed E-state index contributed by atoms with van der Waals surface area (Å²) in [6.07, 6.45) is 4.89. The number of benzene rings is 1. The Morgan fingerprint density at radius 1 is 1.33 bits per heavy atom. The van der Waals surface area contributed by atoms with Crippen molar-refractivity contribution in [1.29, 1.82) is 0 Å². The molecule has 110 valence electrons. The predicted molar refractivity (Wildman–Crippen MR) is 79.5 cm³/mol. The van der Waals surface area contributed by atoms with E-state index in [2.05, 4.69) is 18.2 Å². The van der Waals surface area contributed by atoms with Gasteiger partial charge >= 0.3 is 5.97 Å². The summed E-state index contributed by atoms with van der Waals surface area (Å²) in [5.74, 6) is -0.272. The van der Waals surface area contributed by atoms with Crippen LogP contribution in [0, 0.1) is 0 Å². The van der Waals surface area contributed by atoms with E-state index in [4.69, 9.17) is 4.74 Å². The molecule has 0 radical (unpaired) electrons. The van der Waals surface area contributed by atoms with Gasteiger partial charge in [0.1, 0.15) is 6.04 Å². The van der Waals surface area contributed by atoms with Crippen LogP contribution in [-0.4, -0.2) is 36.5 Å². The molecule has 0 unspecified atom stereocenters. The van der Waals surface area contributed by atoms with Crippen LogP contribution in [-0.2, 0) is 20.7 Å². The molecular formula is C17H19NO3. The Bertz CT molecular complexity index is 606. The van der Waals surface area contributed by atoms with Crippen LogP contribution < -0.4 is 0 Å². The molecule has 4 nitrogen and oxygen atoms in total. The topological polar surface area (TPSA) is 46.6 Å². The van der Waals surface area contributed by atoms with Crippen LogP contribution in [0.3, 0.4) is 0 Å². The van der Waals surface area contributed by atoms with Crippen molar-refractivity contribution in [3.05, 3.63) is 41.0 Å². The lowest BCUT2D eigenvalue weighted by molar-refractivity contribution is -0.150. The third-order valence-electron chi connectivity index (χ3n) is 4.26. The lowest BCUT2D eigenvalue weighted by Crippen LogP contribution is -2.41. The maximum absolute atomic E-state index is 12.5. The fourth-order valence-electron chi connectivity index (χ4n) is 3.21. The summed E-state index contributed by atoms with van der Waals surface area (Å²) >= 11 is 0. The van der Waals surface area contributed by atoms with E-state index in [1.165, 1.54) is 18.2 Å². The molecule has 1 heterocycles. The Morgan fingerprint density at radius 2 is 2.14 bits per heavy atom. The van der Waals surface area contributed by atoms with Gasteiger partial charge in [0.2, 0.25) is 5.91 Å². The molecule has 3 rings (SSSR count). The van der Waals surface area contributed by atoms with E-state index in [-0.39, 0.29) is 11.9 Å². The van der Waals surface area contributed by atoms with Crippen molar-refractivity contribution in [3.63, 3.8) is 0 Å². The Balaban J connectivity index is 1.67. The summed E-state index contributed by atoms with van der Waals surface area (Å²) < 4.78 is 4.79. The number of esters is 1. The quantitative estimate of drug-likeness (QED) is 0.800. The van der Waals surface area contributed by atoms with E-state index in [0.717, 1.165) is 18.4 Å². The van der Waals surface area contributed by atoms with Crippen molar-refractivity contribution >= 4 is 18.0 Å². The molecule has 1 aromatic rings. The van der Waals surface area contributed by atoms with Gasteiger partial charge in [-0.1, -0.05) is 35.9 Å². The molecule has 0 bridgehead atoms. The summed E-state index contributed by atoms with van der Waals surface area (Å²) in [6.45, 7) is 0.652. The first kappa shape index (κ1) is 13.9. The summed E-state index contributed by atoms with van der Waals surface area (Å²) in [4.78, 5) is 25.9. The molecule has 21 heavy (non-hydrogen) atoms. The van der Waals surface area contributed by atoms with Crippen molar-refractivity contribution in [3.8, 4) is 0 Å². The van der Waals surface area contributed by atoms with Gasteiger partial charge in [-0.15, -0.1) is 0 Å². The van der Waals surface area contributed by atoms with Crippen LogP contribution in [0.2, 0.25) is 0 Å². The van der Waals surface area contributed by atoms with Gasteiger partial charge in [-0.25, -0.2) is 4.79 Å². The Morgan fingerprint density at radius 3 is 2.90 bits per heavy atom. The van der Waals surface area contributed by atoms with Crippen molar-refractivity contribution in [1.82, 2.24) is 4.90 Å². The van der Waals surface area contributed by atoms with Crippen molar-refractivity contribution in [2.24, 2.45) is 0 Å². The highest BCUT2D eigenvalue weighted by Gasteiger charge is 2.35. The zero-order valence-corrected chi connectivity index (χ0v) is 12.2. The van der Waals surface area contributed by atoms with Gasteiger partial charge in [0.25, 0.3) is 0 Å². The number of carbonyl (C=O) groups excluding carboxylic acids is 2. The van der Waals surface area contributed by atoms with Crippen LogP contribution in [0.5, 0.6) is 0 Å². The zero-order chi connectivity index (χ0) is 14.8. The second-order valence-corrected chi connectivity index (χ2v) is 5.62. The average molecular weight is 285 g/mol. The number of hydrogen-bond acceptors (Lipinski definition) is 3. The molecule has 0 spiro atoms. The second kappa shape index (κ2) is 5.72. The summed E-state index contributed by atoms with van der Waals surface area (Å²) in [5.41, 5.74) is 3.59. The molecule has 1 aliphatic carbocycles. The Labute approximate surface area is 124 Å². The minimum atomic E-state index is -0.396. The van der Waals surface area contributed by atoms with Crippen molar-refractivity contribution in [2.45, 2.75) is 31.7 Å². The molecule has 1 aliphatic heterocycles. The number of methoxy groups -OCH3 is 1. The van der Waals surface area contributed by atoms with Crippen molar-refractivity contribution in [2.75, 3.05) is 13.7 Å².